The van der Waals surface area contributed by atoms with E-state index in [9.17, 15) is 10.2 Å². The highest BCUT2D eigenvalue weighted by Crippen LogP contribution is 2.41. The molecule has 2 aromatic carbocycles. The van der Waals surface area contributed by atoms with Crippen LogP contribution in [0.25, 0.3) is 0 Å². The Kier molecular flexibility index (Phi) is 4.78. The van der Waals surface area contributed by atoms with Crippen molar-refractivity contribution in [2.45, 2.75) is 12.0 Å². The van der Waals surface area contributed by atoms with E-state index in [4.69, 9.17) is 18.9 Å². The van der Waals surface area contributed by atoms with Crippen LogP contribution in [0, 0.1) is 0 Å². The molecule has 0 spiro atoms. The number of ether oxygens (including phenoxy) is 4. The van der Waals surface area contributed by atoms with Gasteiger partial charge in [0.1, 0.15) is 6.79 Å². The molecule has 2 aromatic rings. The molecule has 0 radical (unpaired) electrons. The molecule has 2 N–H and O–H groups in total. The molecule has 0 unspecified atom stereocenters. The minimum absolute atomic E-state index is 0.0798. The molecule has 1 heterocycles. The van der Waals surface area contributed by atoms with E-state index in [1.807, 2.05) is 6.07 Å². The molecule has 0 amide bonds. The van der Waals surface area contributed by atoms with Crippen LogP contribution in [0.15, 0.2) is 36.4 Å². The number of phenols is 2. The van der Waals surface area contributed by atoms with Gasteiger partial charge >= 0.3 is 0 Å². The van der Waals surface area contributed by atoms with Gasteiger partial charge in [0.2, 0.25) is 0 Å². The summed E-state index contributed by atoms with van der Waals surface area (Å²) in [5.41, 5.74) is 1.81. The molecule has 1 aliphatic heterocycles. The zero-order chi connectivity index (χ0) is 17.1. The molecule has 0 aromatic heterocycles. The van der Waals surface area contributed by atoms with E-state index >= 15 is 0 Å². The van der Waals surface area contributed by atoms with Crippen molar-refractivity contribution in [1.82, 2.24) is 0 Å². The summed E-state index contributed by atoms with van der Waals surface area (Å²) in [5.74, 6) is 0.880. The standard InChI is InChI=1S/C18H20O6/c1-21-16-7-11(3-5-14(16)19)13-9-23-10-24-18(13)12-4-6-15(20)17(8-12)22-2/h3-8,13,18-20H,9-10H2,1-2H3/t13-,18-/m1/s1. The van der Waals surface area contributed by atoms with E-state index < -0.39 is 0 Å². The lowest BCUT2D eigenvalue weighted by atomic mass is 9.88. The van der Waals surface area contributed by atoms with Gasteiger partial charge in [0.15, 0.2) is 23.0 Å². The van der Waals surface area contributed by atoms with E-state index in [-0.39, 0.29) is 30.3 Å². The second-order valence-corrected chi connectivity index (χ2v) is 5.54. The molecule has 2 atom stereocenters. The summed E-state index contributed by atoms with van der Waals surface area (Å²) in [6.07, 6.45) is -0.262. The Bertz CT molecular complexity index is 653. The molecule has 1 saturated heterocycles. The molecule has 6 nitrogen and oxygen atoms in total. The number of rotatable bonds is 4. The summed E-state index contributed by atoms with van der Waals surface area (Å²) in [5, 5.41) is 19.6. The highest BCUT2D eigenvalue weighted by Gasteiger charge is 2.30. The van der Waals surface area contributed by atoms with Crippen LogP contribution in [-0.4, -0.2) is 37.8 Å². The number of phenolic OH excluding ortho intramolecular Hbond substituents is 2. The zero-order valence-corrected chi connectivity index (χ0v) is 13.6. The van der Waals surface area contributed by atoms with Crippen LogP contribution in [0.1, 0.15) is 23.1 Å². The third-order valence-electron chi connectivity index (χ3n) is 4.16. The first-order valence-electron chi connectivity index (χ1n) is 7.57. The Morgan fingerprint density at radius 3 is 2.12 bits per heavy atom. The molecular formula is C18H20O6. The second-order valence-electron chi connectivity index (χ2n) is 5.54. The van der Waals surface area contributed by atoms with Crippen LogP contribution in [0.2, 0.25) is 0 Å². The maximum absolute atomic E-state index is 9.78. The van der Waals surface area contributed by atoms with Gasteiger partial charge in [0.25, 0.3) is 0 Å². The topological polar surface area (TPSA) is 77.4 Å². The van der Waals surface area contributed by atoms with Crippen LogP contribution >= 0.6 is 0 Å². The van der Waals surface area contributed by atoms with Crippen molar-refractivity contribution in [3.05, 3.63) is 47.5 Å². The van der Waals surface area contributed by atoms with Gasteiger partial charge in [-0.3, -0.25) is 0 Å². The van der Waals surface area contributed by atoms with Crippen molar-refractivity contribution in [3.8, 4) is 23.0 Å². The maximum Gasteiger partial charge on any atom is 0.160 e. The summed E-state index contributed by atoms with van der Waals surface area (Å²) in [7, 11) is 3.01. The van der Waals surface area contributed by atoms with Gasteiger partial charge in [-0.25, -0.2) is 0 Å². The van der Waals surface area contributed by atoms with Gasteiger partial charge in [0, 0.05) is 5.92 Å². The number of aromatic hydroxyl groups is 2. The van der Waals surface area contributed by atoms with Crippen LogP contribution in [0.4, 0.5) is 0 Å². The largest absolute Gasteiger partial charge is 0.504 e. The van der Waals surface area contributed by atoms with Gasteiger partial charge in [-0.05, 0) is 35.4 Å². The van der Waals surface area contributed by atoms with Gasteiger partial charge in [-0.1, -0.05) is 12.1 Å². The Hall–Kier alpha value is -2.44. The van der Waals surface area contributed by atoms with Crippen molar-refractivity contribution in [2.24, 2.45) is 0 Å². The minimum Gasteiger partial charge on any atom is -0.504 e. The summed E-state index contributed by atoms with van der Waals surface area (Å²) < 4.78 is 21.6. The normalized spacial score (nSPS) is 20.6. The fraction of sp³-hybridized carbons (Fsp3) is 0.333. The zero-order valence-electron chi connectivity index (χ0n) is 13.6. The van der Waals surface area contributed by atoms with Crippen LogP contribution in [0.3, 0.4) is 0 Å². The first-order valence-corrected chi connectivity index (χ1v) is 7.57. The third-order valence-corrected chi connectivity index (χ3v) is 4.16. The SMILES string of the molecule is COc1cc([C@H]2COCO[C@@H]2c2ccc(O)c(OC)c2)ccc1O. The summed E-state index contributed by atoms with van der Waals surface area (Å²) in [6.45, 7) is 0.668. The first-order chi connectivity index (χ1) is 11.6. The fourth-order valence-electron chi connectivity index (χ4n) is 2.90. The molecule has 24 heavy (non-hydrogen) atoms. The highest BCUT2D eigenvalue weighted by atomic mass is 16.7. The van der Waals surface area contributed by atoms with Crippen molar-refractivity contribution < 1.29 is 29.2 Å². The van der Waals surface area contributed by atoms with E-state index in [2.05, 4.69) is 0 Å². The lowest BCUT2D eigenvalue weighted by Gasteiger charge is -2.32. The number of hydrogen-bond donors (Lipinski definition) is 2. The molecule has 6 heteroatoms. The smallest absolute Gasteiger partial charge is 0.160 e. The van der Waals surface area contributed by atoms with E-state index in [0.717, 1.165) is 11.1 Å². The minimum atomic E-state index is -0.262. The molecule has 0 bridgehead atoms. The van der Waals surface area contributed by atoms with E-state index in [1.54, 1.807) is 30.3 Å². The predicted molar refractivity (Wildman–Crippen MR) is 86.7 cm³/mol. The Labute approximate surface area is 140 Å². The molecule has 128 valence electrons. The van der Waals surface area contributed by atoms with Crippen LogP contribution < -0.4 is 9.47 Å². The van der Waals surface area contributed by atoms with Gasteiger partial charge in [0.05, 0.1) is 26.9 Å². The number of hydrogen-bond acceptors (Lipinski definition) is 6. The predicted octanol–water partition coefficient (Wildman–Crippen LogP) is 2.94. The first kappa shape index (κ1) is 16.4. The Balaban J connectivity index is 1.97. The monoisotopic (exact) mass is 332 g/mol. The molecule has 3 rings (SSSR count). The molecule has 1 fully saturated rings. The lowest BCUT2D eigenvalue weighted by Crippen LogP contribution is -2.26. The lowest BCUT2D eigenvalue weighted by molar-refractivity contribution is -0.153. The number of methoxy groups -OCH3 is 2. The highest BCUT2D eigenvalue weighted by molar-refractivity contribution is 5.46. The Morgan fingerprint density at radius 1 is 0.917 bits per heavy atom. The van der Waals surface area contributed by atoms with Crippen LogP contribution in [0.5, 0.6) is 23.0 Å². The summed E-state index contributed by atoms with van der Waals surface area (Å²) in [4.78, 5) is 0. The average molecular weight is 332 g/mol. The average Bonchev–Trinajstić information content (AvgIpc) is 2.62. The van der Waals surface area contributed by atoms with Crippen LogP contribution in [-0.2, 0) is 9.47 Å². The fourth-order valence-corrected chi connectivity index (χ4v) is 2.90. The van der Waals surface area contributed by atoms with Gasteiger partial charge < -0.3 is 29.2 Å². The Morgan fingerprint density at radius 2 is 1.50 bits per heavy atom. The third kappa shape index (κ3) is 3.11. The summed E-state index contributed by atoms with van der Waals surface area (Å²) >= 11 is 0. The van der Waals surface area contributed by atoms with E-state index in [0.29, 0.717) is 18.1 Å². The van der Waals surface area contributed by atoms with Gasteiger partial charge in [-0.2, -0.15) is 0 Å². The second kappa shape index (κ2) is 6.98. The van der Waals surface area contributed by atoms with E-state index in [1.165, 1.54) is 14.2 Å². The maximum atomic E-state index is 9.78. The van der Waals surface area contributed by atoms with Crippen molar-refractivity contribution in [2.75, 3.05) is 27.6 Å². The molecule has 0 saturated carbocycles. The van der Waals surface area contributed by atoms with Crippen molar-refractivity contribution >= 4 is 0 Å². The quantitative estimate of drug-likeness (QED) is 0.896. The molecule has 0 aliphatic carbocycles. The van der Waals surface area contributed by atoms with Crippen molar-refractivity contribution in [1.29, 1.82) is 0 Å². The molecular weight excluding hydrogens is 312 g/mol. The van der Waals surface area contributed by atoms with Gasteiger partial charge in [-0.15, -0.1) is 0 Å². The number of benzene rings is 2. The molecule has 1 aliphatic rings. The van der Waals surface area contributed by atoms with Crippen molar-refractivity contribution in [3.63, 3.8) is 0 Å². The summed E-state index contributed by atoms with van der Waals surface area (Å²) in [6, 6.07) is 10.3.